The zero-order valence-electron chi connectivity index (χ0n) is 11.0. The zero-order chi connectivity index (χ0) is 14.8. The highest BCUT2D eigenvalue weighted by molar-refractivity contribution is 6.10. The number of nitrogens with zero attached hydrogens (tertiary/aromatic N) is 1. The van der Waals surface area contributed by atoms with Crippen molar-refractivity contribution in [1.29, 1.82) is 0 Å². The molecule has 1 aromatic heterocycles. The maximum absolute atomic E-state index is 12.8. The number of halogens is 1. The molecular weight excluding hydrogens is 269 g/mol. The van der Waals surface area contributed by atoms with Crippen molar-refractivity contribution in [2.24, 2.45) is 0 Å². The summed E-state index contributed by atoms with van der Waals surface area (Å²) in [5.41, 5.74) is 6.67. The van der Waals surface area contributed by atoms with E-state index in [0.29, 0.717) is 11.3 Å². The van der Waals surface area contributed by atoms with E-state index < -0.39 is 5.82 Å². The number of hydrogen-bond donors (Lipinski definition) is 2. The maximum atomic E-state index is 12.8. The third-order valence-corrected chi connectivity index (χ3v) is 3.13. The van der Waals surface area contributed by atoms with Crippen LogP contribution >= 0.6 is 0 Å². The van der Waals surface area contributed by atoms with Gasteiger partial charge in [-0.2, -0.15) is 0 Å². The van der Waals surface area contributed by atoms with Crippen molar-refractivity contribution in [1.82, 2.24) is 4.98 Å². The van der Waals surface area contributed by atoms with E-state index in [2.05, 4.69) is 10.3 Å². The van der Waals surface area contributed by atoms with Crippen LogP contribution in [0.5, 0.6) is 0 Å². The van der Waals surface area contributed by atoms with Gasteiger partial charge in [-0.15, -0.1) is 0 Å². The molecule has 0 fully saturated rings. The van der Waals surface area contributed by atoms with Gasteiger partial charge in [0.15, 0.2) is 0 Å². The number of nitrogens with two attached hydrogens (primary N) is 1. The number of carbonyl (C=O) groups excluding carboxylic acids is 1. The normalized spacial score (nSPS) is 10.5. The first-order chi connectivity index (χ1) is 10.1. The van der Waals surface area contributed by atoms with Gasteiger partial charge in [0, 0.05) is 5.69 Å². The zero-order valence-corrected chi connectivity index (χ0v) is 11.0. The summed E-state index contributed by atoms with van der Waals surface area (Å²) in [7, 11) is 0. The Bertz CT molecular complexity index is 815. The lowest BCUT2D eigenvalue weighted by molar-refractivity contribution is 0.102. The molecule has 3 N–H and O–H groups in total. The topological polar surface area (TPSA) is 68.0 Å². The fourth-order valence-corrected chi connectivity index (χ4v) is 2.09. The lowest BCUT2D eigenvalue weighted by Crippen LogP contribution is -2.15. The number of benzene rings is 2. The molecule has 0 aliphatic rings. The molecule has 3 aromatic rings. The third kappa shape index (κ3) is 2.67. The van der Waals surface area contributed by atoms with Gasteiger partial charge in [-0.25, -0.2) is 9.37 Å². The van der Waals surface area contributed by atoms with Crippen LogP contribution in [0.3, 0.4) is 0 Å². The number of aromatic nitrogens is 1. The third-order valence-electron chi connectivity index (χ3n) is 3.13. The quantitative estimate of drug-likeness (QED) is 0.709. The number of rotatable bonds is 2. The molecule has 0 saturated carbocycles. The van der Waals surface area contributed by atoms with E-state index in [4.69, 9.17) is 5.73 Å². The van der Waals surface area contributed by atoms with Gasteiger partial charge >= 0.3 is 0 Å². The van der Waals surface area contributed by atoms with E-state index in [1.807, 2.05) is 24.3 Å². The second-order valence-corrected chi connectivity index (χ2v) is 4.60. The van der Waals surface area contributed by atoms with Crippen LogP contribution in [-0.4, -0.2) is 10.9 Å². The molecule has 0 spiro atoms. The van der Waals surface area contributed by atoms with Gasteiger partial charge in [-0.3, -0.25) is 4.79 Å². The molecule has 1 amide bonds. The minimum atomic E-state index is -0.460. The van der Waals surface area contributed by atoms with E-state index in [-0.39, 0.29) is 11.7 Å². The van der Waals surface area contributed by atoms with Gasteiger partial charge in [0.2, 0.25) is 0 Å². The Morgan fingerprint density at radius 1 is 1.10 bits per heavy atom. The molecule has 3 rings (SSSR count). The lowest BCUT2D eigenvalue weighted by Gasteiger charge is -2.08. The van der Waals surface area contributed by atoms with Crippen LogP contribution < -0.4 is 11.1 Å². The van der Waals surface area contributed by atoms with Crippen LogP contribution in [-0.2, 0) is 0 Å². The summed E-state index contributed by atoms with van der Waals surface area (Å²) in [5.74, 6) is -0.565. The minimum Gasteiger partial charge on any atom is -0.398 e. The fourth-order valence-electron chi connectivity index (χ4n) is 2.09. The van der Waals surface area contributed by atoms with Crippen molar-refractivity contribution < 1.29 is 9.18 Å². The Hall–Kier alpha value is -2.95. The molecule has 0 atom stereocenters. The summed E-state index contributed by atoms with van der Waals surface area (Å²) in [5, 5.41) is 4.48. The Labute approximate surface area is 120 Å². The van der Waals surface area contributed by atoms with E-state index in [9.17, 15) is 9.18 Å². The summed E-state index contributed by atoms with van der Waals surface area (Å²) in [6.07, 6.45) is 1.04. The predicted octanol–water partition coefficient (Wildman–Crippen LogP) is 3.21. The van der Waals surface area contributed by atoms with Crippen molar-refractivity contribution in [2.45, 2.75) is 0 Å². The van der Waals surface area contributed by atoms with Crippen LogP contribution in [0.1, 0.15) is 10.4 Å². The number of nitrogen functional groups attached to an aromatic ring is 1. The Kier molecular flexibility index (Phi) is 3.23. The van der Waals surface area contributed by atoms with Crippen molar-refractivity contribution in [3.8, 4) is 0 Å². The van der Waals surface area contributed by atoms with E-state index in [1.54, 1.807) is 12.1 Å². The van der Waals surface area contributed by atoms with Crippen molar-refractivity contribution in [2.75, 3.05) is 11.1 Å². The first-order valence-corrected chi connectivity index (χ1v) is 6.34. The molecule has 0 aliphatic carbocycles. The molecule has 0 bridgehead atoms. The fraction of sp³-hybridized carbons (Fsp3) is 0. The summed E-state index contributed by atoms with van der Waals surface area (Å²) in [4.78, 5) is 16.0. The summed E-state index contributed by atoms with van der Waals surface area (Å²) >= 11 is 0. The maximum Gasteiger partial charge on any atom is 0.258 e. The van der Waals surface area contributed by atoms with Crippen molar-refractivity contribution >= 4 is 28.2 Å². The van der Waals surface area contributed by atoms with Gasteiger partial charge < -0.3 is 11.1 Å². The number of nitrogens with one attached hydrogen (secondary N) is 1. The number of hydrogen-bond acceptors (Lipinski definition) is 3. The highest BCUT2D eigenvalue weighted by atomic mass is 19.1. The molecular formula is C16H12FN3O. The molecule has 1 heterocycles. The van der Waals surface area contributed by atoms with Crippen LogP contribution in [0.4, 0.5) is 15.9 Å². The van der Waals surface area contributed by atoms with Crippen molar-refractivity contribution in [3.05, 3.63) is 66.1 Å². The molecule has 104 valence electrons. The average molecular weight is 281 g/mol. The van der Waals surface area contributed by atoms with Gasteiger partial charge in [0.05, 0.1) is 11.8 Å². The highest BCUT2D eigenvalue weighted by Crippen LogP contribution is 2.22. The van der Waals surface area contributed by atoms with Gasteiger partial charge in [-0.1, -0.05) is 24.3 Å². The Morgan fingerprint density at radius 2 is 1.81 bits per heavy atom. The van der Waals surface area contributed by atoms with Crippen molar-refractivity contribution in [3.63, 3.8) is 0 Å². The first-order valence-electron chi connectivity index (χ1n) is 6.34. The standard InChI is InChI=1S/C16H12FN3O/c17-12-5-6-15(19-9-12)20-16(21)13-7-10-3-1-2-4-11(10)8-14(13)18/h1-9H,18H2,(H,19,20,21). The first kappa shape index (κ1) is 13.1. The van der Waals surface area contributed by atoms with Crippen LogP contribution in [0.2, 0.25) is 0 Å². The lowest BCUT2D eigenvalue weighted by atomic mass is 10.0. The van der Waals surface area contributed by atoms with Crippen LogP contribution in [0.15, 0.2) is 54.7 Å². The monoisotopic (exact) mass is 281 g/mol. The average Bonchev–Trinajstić information content (AvgIpc) is 2.49. The second-order valence-electron chi connectivity index (χ2n) is 4.60. The van der Waals surface area contributed by atoms with Gasteiger partial charge in [-0.05, 0) is 35.0 Å². The molecule has 4 nitrogen and oxygen atoms in total. The number of anilines is 2. The highest BCUT2D eigenvalue weighted by Gasteiger charge is 2.12. The molecule has 2 aromatic carbocycles. The molecule has 0 saturated heterocycles. The van der Waals surface area contributed by atoms with Crippen LogP contribution in [0.25, 0.3) is 10.8 Å². The van der Waals surface area contributed by atoms with Gasteiger partial charge in [0.25, 0.3) is 5.91 Å². The van der Waals surface area contributed by atoms with E-state index >= 15 is 0 Å². The number of pyridine rings is 1. The summed E-state index contributed by atoms with van der Waals surface area (Å²) < 4.78 is 12.8. The van der Waals surface area contributed by atoms with Crippen LogP contribution in [0, 0.1) is 5.82 Å². The molecule has 5 heteroatoms. The van der Waals surface area contributed by atoms with E-state index in [1.165, 1.54) is 12.1 Å². The molecule has 21 heavy (non-hydrogen) atoms. The van der Waals surface area contributed by atoms with E-state index in [0.717, 1.165) is 17.0 Å². The number of carbonyl (C=O) groups is 1. The minimum absolute atomic E-state index is 0.272. The number of fused-ring (bicyclic) bond motifs is 1. The Morgan fingerprint density at radius 3 is 2.48 bits per heavy atom. The Balaban J connectivity index is 1.93. The molecule has 0 aliphatic heterocycles. The molecule has 0 unspecified atom stereocenters. The molecule has 0 radical (unpaired) electrons. The van der Waals surface area contributed by atoms with Gasteiger partial charge in [0.1, 0.15) is 11.6 Å². The SMILES string of the molecule is Nc1cc2ccccc2cc1C(=O)Nc1ccc(F)cn1. The predicted molar refractivity (Wildman–Crippen MR) is 80.5 cm³/mol. The number of amides is 1. The second kappa shape index (κ2) is 5.20. The summed E-state index contributed by atoms with van der Waals surface area (Å²) in [6.45, 7) is 0. The summed E-state index contributed by atoms with van der Waals surface area (Å²) in [6, 6.07) is 13.7. The largest absolute Gasteiger partial charge is 0.398 e. The smallest absolute Gasteiger partial charge is 0.258 e.